The van der Waals surface area contributed by atoms with Crippen LogP contribution in [0.5, 0.6) is 0 Å². The Hall–Kier alpha value is -0.0400. The summed E-state index contributed by atoms with van der Waals surface area (Å²) >= 11 is 0. The first-order valence-corrected chi connectivity index (χ1v) is 5.63. The van der Waals surface area contributed by atoms with Gasteiger partial charge >= 0.3 is 0 Å². The molecule has 0 aromatic heterocycles. The van der Waals surface area contributed by atoms with Gasteiger partial charge in [0.1, 0.15) is 0 Å². The van der Waals surface area contributed by atoms with Crippen molar-refractivity contribution in [1.29, 1.82) is 0 Å². The van der Waals surface area contributed by atoms with Gasteiger partial charge in [0, 0.05) is 18.1 Å². The highest BCUT2D eigenvalue weighted by atomic mass is 15.3. The van der Waals surface area contributed by atoms with E-state index in [0.29, 0.717) is 0 Å². The Balaban J connectivity index is 1.85. The summed E-state index contributed by atoms with van der Waals surface area (Å²) in [6, 6.07) is 2.91. The zero-order valence-electron chi connectivity index (χ0n) is 8.00. The third-order valence-corrected chi connectivity index (χ3v) is 4.42. The third kappa shape index (κ3) is 0.834. The zero-order valence-corrected chi connectivity index (χ0v) is 8.00. The van der Waals surface area contributed by atoms with Crippen LogP contribution in [0.15, 0.2) is 0 Å². The summed E-state index contributed by atoms with van der Waals surface area (Å²) in [7, 11) is 0. The van der Waals surface area contributed by atoms with E-state index in [4.69, 9.17) is 0 Å². The molecule has 1 heteroatoms. The van der Waals surface area contributed by atoms with Crippen molar-refractivity contribution < 1.29 is 0 Å². The molecule has 0 aromatic carbocycles. The maximum absolute atomic E-state index is 2.86. The maximum Gasteiger partial charge on any atom is 0.0130 e. The molecule has 0 amide bonds. The van der Waals surface area contributed by atoms with E-state index in [2.05, 4.69) is 11.8 Å². The number of hydrogen-bond acceptors (Lipinski definition) is 1. The van der Waals surface area contributed by atoms with E-state index in [-0.39, 0.29) is 0 Å². The fraction of sp³-hybridized carbons (Fsp3) is 1.00. The molecule has 0 spiro atoms. The lowest BCUT2D eigenvalue weighted by Gasteiger charge is -2.27. The van der Waals surface area contributed by atoms with Crippen molar-refractivity contribution in [3.63, 3.8) is 0 Å². The predicted molar refractivity (Wildman–Crippen MR) is 50.1 cm³/mol. The molecule has 2 aliphatic heterocycles. The minimum Gasteiger partial charge on any atom is -0.294 e. The van der Waals surface area contributed by atoms with Gasteiger partial charge in [-0.1, -0.05) is 6.42 Å². The van der Waals surface area contributed by atoms with Gasteiger partial charge in [0.25, 0.3) is 0 Å². The average Bonchev–Trinajstić information content (AvgIpc) is 2.61. The van der Waals surface area contributed by atoms with Crippen LogP contribution in [0, 0.1) is 5.92 Å². The first-order valence-electron chi connectivity index (χ1n) is 5.63. The minimum atomic E-state index is 0.906. The van der Waals surface area contributed by atoms with Gasteiger partial charge in [-0.25, -0.2) is 0 Å². The molecule has 0 N–H and O–H groups in total. The van der Waals surface area contributed by atoms with E-state index in [1.165, 1.54) is 38.5 Å². The topological polar surface area (TPSA) is 3.24 Å². The Morgan fingerprint density at radius 1 is 1.08 bits per heavy atom. The summed E-state index contributed by atoms with van der Waals surface area (Å²) < 4.78 is 0. The van der Waals surface area contributed by atoms with E-state index < -0.39 is 0 Å². The van der Waals surface area contributed by atoms with E-state index in [9.17, 15) is 0 Å². The van der Waals surface area contributed by atoms with Crippen LogP contribution in [-0.4, -0.2) is 23.0 Å². The fourth-order valence-corrected chi connectivity index (χ4v) is 3.96. The second kappa shape index (κ2) is 2.47. The van der Waals surface area contributed by atoms with Crippen molar-refractivity contribution in [1.82, 2.24) is 4.90 Å². The van der Waals surface area contributed by atoms with E-state index in [1.807, 2.05) is 0 Å². The molecule has 0 unspecified atom stereocenters. The van der Waals surface area contributed by atoms with Crippen LogP contribution in [0.1, 0.15) is 45.4 Å². The van der Waals surface area contributed by atoms with Crippen molar-refractivity contribution in [3.8, 4) is 0 Å². The molecule has 2 heterocycles. The van der Waals surface area contributed by atoms with E-state index in [0.717, 1.165) is 24.0 Å². The Labute approximate surface area is 75.1 Å². The van der Waals surface area contributed by atoms with E-state index in [1.54, 1.807) is 0 Å². The first kappa shape index (κ1) is 7.37. The van der Waals surface area contributed by atoms with Gasteiger partial charge in [-0.3, -0.25) is 4.90 Å². The summed E-state index contributed by atoms with van der Waals surface area (Å²) in [6.07, 6.45) is 9.04. The van der Waals surface area contributed by atoms with Gasteiger partial charge in [-0.05, 0) is 44.9 Å². The second-order valence-electron chi connectivity index (χ2n) is 5.02. The average molecular weight is 165 g/mol. The Kier molecular flexibility index (Phi) is 1.52. The number of rotatable bonds is 0. The molecule has 3 fully saturated rings. The number of nitrogens with zero attached hydrogens (tertiary/aromatic N) is 1. The fourth-order valence-electron chi connectivity index (χ4n) is 3.96. The van der Waals surface area contributed by atoms with Crippen LogP contribution in [0.3, 0.4) is 0 Å². The molecule has 1 saturated carbocycles. The Morgan fingerprint density at radius 2 is 2.00 bits per heavy atom. The standard InChI is InChI=1S/C11H19N/c1-8-5-6-10-7-9-3-2-4-11(9)12(8)10/h8-11H,2-7H2,1H3/t8-,9-,10+,11-/m0/s1. The zero-order chi connectivity index (χ0) is 8.13. The highest BCUT2D eigenvalue weighted by Gasteiger charge is 2.47. The van der Waals surface area contributed by atoms with Gasteiger partial charge < -0.3 is 0 Å². The Bertz CT molecular complexity index is 189. The molecule has 4 atom stereocenters. The van der Waals surface area contributed by atoms with Gasteiger partial charge in [-0.2, -0.15) is 0 Å². The molecule has 0 bridgehead atoms. The van der Waals surface area contributed by atoms with Crippen molar-refractivity contribution in [2.45, 2.75) is 63.6 Å². The summed E-state index contributed by atoms with van der Waals surface area (Å²) in [5.74, 6) is 1.10. The molecule has 0 aromatic rings. The molecule has 3 aliphatic rings. The molecule has 1 aliphatic carbocycles. The lowest BCUT2D eigenvalue weighted by molar-refractivity contribution is 0.184. The van der Waals surface area contributed by atoms with Crippen molar-refractivity contribution in [3.05, 3.63) is 0 Å². The van der Waals surface area contributed by atoms with Crippen LogP contribution in [0.25, 0.3) is 0 Å². The van der Waals surface area contributed by atoms with Gasteiger partial charge in [0.05, 0.1) is 0 Å². The van der Waals surface area contributed by atoms with Gasteiger partial charge in [0.2, 0.25) is 0 Å². The minimum absolute atomic E-state index is 0.906. The maximum atomic E-state index is 2.86. The quantitative estimate of drug-likeness (QED) is 0.533. The van der Waals surface area contributed by atoms with Crippen LogP contribution < -0.4 is 0 Å². The number of fused-ring (bicyclic) bond motifs is 3. The monoisotopic (exact) mass is 165 g/mol. The first-order chi connectivity index (χ1) is 5.86. The second-order valence-corrected chi connectivity index (χ2v) is 5.02. The highest BCUT2D eigenvalue weighted by Crippen LogP contribution is 2.46. The molecular weight excluding hydrogens is 146 g/mol. The summed E-state index contributed by atoms with van der Waals surface area (Å²) in [6.45, 7) is 2.43. The highest BCUT2D eigenvalue weighted by molar-refractivity contribution is 5.02. The van der Waals surface area contributed by atoms with Crippen LogP contribution >= 0.6 is 0 Å². The molecule has 0 radical (unpaired) electrons. The van der Waals surface area contributed by atoms with Gasteiger partial charge in [-0.15, -0.1) is 0 Å². The van der Waals surface area contributed by atoms with Crippen molar-refractivity contribution in [2.75, 3.05) is 0 Å². The largest absolute Gasteiger partial charge is 0.294 e. The van der Waals surface area contributed by atoms with Gasteiger partial charge in [0.15, 0.2) is 0 Å². The molecule has 12 heavy (non-hydrogen) atoms. The van der Waals surface area contributed by atoms with E-state index >= 15 is 0 Å². The Morgan fingerprint density at radius 3 is 2.92 bits per heavy atom. The molecule has 1 nitrogen and oxygen atoms in total. The summed E-state index contributed by atoms with van der Waals surface area (Å²) in [5.41, 5.74) is 0. The lowest BCUT2D eigenvalue weighted by atomic mass is 9.99. The van der Waals surface area contributed by atoms with Crippen molar-refractivity contribution >= 4 is 0 Å². The van der Waals surface area contributed by atoms with Crippen LogP contribution in [-0.2, 0) is 0 Å². The molecular formula is C11H19N. The van der Waals surface area contributed by atoms with Crippen LogP contribution in [0.4, 0.5) is 0 Å². The molecule has 3 rings (SSSR count). The third-order valence-electron chi connectivity index (χ3n) is 4.42. The SMILES string of the molecule is C[C@H]1CC[C@@H]2C[C@@H]3CCC[C@@H]3N21. The molecule has 2 saturated heterocycles. The smallest absolute Gasteiger partial charge is 0.0130 e. The van der Waals surface area contributed by atoms with Crippen LogP contribution in [0.2, 0.25) is 0 Å². The predicted octanol–water partition coefficient (Wildman–Crippen LogP) is 2.41. The lowest BCUT2D eigenvalue weighted by Crippen LogP contribution is -2.36. The normalized spacial score (nSPS) is 52.8. The number of hydrogen-bond donors (Lipinski definition) is 0. The summed E-state index contributed by atoms with van der Waals surface area (Å²) in [5, 5.41) is 0. The summed E-state index contributed by atoms with van der Waals surface area (Å²) in [4.78, 5) is 2.86. The molecule has 68 valence electrons. The van der Waals surface area contributed by atoms with Crippen molar-refractivity contribution in [2.24, 2.45) is 5.92 Å².